The van der Waals surface area contributed by atoms with Gasteiger partial charge in [-0.3, -0.25) is 10.1 Å². The van der Waals surface area contributed by atoms with Crippen molar-refractivity contribution in [2.45, 2.75) is 6.36 Å². The number of anilines is 2. The lowest BCUT2D eigenvalue weighted by atomic mass is 10.3. The maximum absolute atomic E-state index is 12.3. The van der Waals surface area contributed by atoms with Gasteiger partial charge in [-0.25, -0.2) is 9.78 Å². The number of rotatable bonds is 4. The first-order valence-corrected chi connectivity index (χ1v) is 8.48. The molecule has 0 bridgehead atoms. The Balaban J connectivity index is 1.51. The Morgan fingerprint density at radius 1 is 1.10 bits per heavy atom. The maximum Gasteiger partial charge on any atom is 0.573 e. The number of urea groups is 1. The molecule has 1 aromatic carbocycles. The van der Waals surface area contributed by atoms with E-state index in [1.54, 1.807) is 11.0 Å². The zero-order chi connectivity index (χ0) is 21.0. The first-order chi connectivity index (χ1) is 13.7. The van der Waals surface area contributed by atoms with Gasteiger partial charge in [-0.2, -0.15) is 0 Å². The van der Waals surface area contributed by atoms with Gasteiger partial charge in [0.25, 0.3) is 5.69 Å². The van der Waals surface area contributed by atoms with Crippen LogP contribution in [0.4, 0.5) is 35.2 Å². The Hall–Kier alpha value is -3.57. The molecule has 154 valence electrons. The van der Waals surface area contributed by atoms with Crippen molar-refractivity contribution >= 4 is 23.2 Å². The fraction of sp³-hybridized carbons (Fsp3) is 0.294. The van der Waals surface area contributed by atoms with Gasteiger partial charge in [0, 0.05) is 37.9 Å². The summed E-state index contributed by atoms with van der Waals surface area (Å²) in [5, 5.41) is 13.3. The van der Waals surface area contributed by atoms with E-state index in [1.165, 1.54) is 24.4 Å². The van der Waals surface area contributed by atoms with Crippen LogP contribution in [0.2, 0.25) is 0 Å². The van der Waals surface area contributed by atoms with E-state index >= 15 is 0 Å². The first kappa shape index (κ1) is 20.2. The SMILES string of the molecule is O=C(Nc1ccc(OC(F)(F)F)cc1)N1CCN(c2ccc([N+](=O)[O-])cn2)CC1. The van der Waals surface area contributed by atoms with Crippen molar-refractivity contribution in [2.24, 2.45) is 0 Å². The standard InChI is InChI=1S/C17H16F3N5O4/c18-17(19,20)29-14-4-1-12(2-5-14)22-16(26)24-9-7-23(8-10-24)15-6-3-13(11-21-15)25(27)28/h1-6,11H,7-10H2,(H,22,26). The van der Waals surface area contributed by atoms with Gasteiger partial charge in [0.1, 0.15) is 17.8 Å². The summed E-state index contributed by atoms with van der Waals surface area (Å²) in [6, 6.07) is 7.39. The molecule has 3 rings (SSSR count). The lowest BCUT2D eigenvalue weighted by molar-refractivity contribution is -0.385. The summed E-state index contributed by atoms with van der Waals surface area (Å²) in [7, 11) is 0. The van der Waals surface area contributed by atoms with Gasteiger partial charge in [0.05, 0.1) is 4.92 Å². The molecule has 0 radical (unpaired) electrons. The molecule has 2 amide bonds. The van der Waals surface area contributed by atoms with Crippen LogP contribution in [-0.2, 0) is 0 Å². The number of hydrogen-bond acceptors (Lipinski definition) is 6. The Bertz CT molecular complexity index is 866. The molecule has 1 fully saturated rings. The molecule has 0 spiro atoms. The second-order valence-electron chi connectivity index (χ2n) is 6.11. The van der Waals surface area contributed by atoms with Crippen molar-refractivity contribution in [3.05, 3.63) is 52.7 Å². The third kappa shape index (κ3) is 5.46. The average Bonchev–Trinajstić information content (AvgIpc) is 2.68. The minimum atomic E-state index is -4.77. The number of carbonyl (C=O) groups excluding carboxylic acids is 1. The minimum Gasteiger partial charge on any atom is -0.406 e. The summed E-state index contributed by atoms with van der Waals surface area (Å²) in [6.07, 6.45) is -3.59. The van der Waals surface area contributed by atoms with Gasteiger partial charge >= 0.3 is 12.4 Å². The molecular weight excluding hydrogens is 395 g/mol. The van der Waals surface area contributed by atoms with E-state index in [-0.39, 0.29) is 17.5 Å². The number of pyridine rings is 1. The number of ether oxygens (including phenoxy) is 1. The smallest absolute Gasteiger partial charge is 0.406 e. The van der Waals surface area contributed by atoms with Crippen LogP contribution in [0.15, 0.2) is 42.6 Å². The van der Waals surface area contributed by atoms with Crippen molar-refractivity contribution in [1.82, 2.24) is 9.88 Å². The number of alkyl halides is 3. The van der Waals surface area contributed by atoms with Crippen molar-refractivity contribution in [2.75, 3.05) is 36.4 Å². The number of amides is 2. The summed E-state index contributed by atoms with van der Waals surface area (Å²) in [5.41, 5.74) is 0.238. The van der Waals surface area contributed by atoms with E-state index in [4.69, 9.17) is 0 Å². The third-order valence-electron chi connectivity index (χ3n) is 4.17. The Morgan fingerprint density at radius 3 is 2.28 bits per heavy atom. The van der Waals surface area contributed by atoms with Crippen LogP contribution in [0.1, 0.15) is 0 Å². The predicted molar refractivity (Wildman–Crippen MR) is 96.8 cm³/mol. The van der Waals surface area contributed by atoms with Gasteiger partial charge < -0.3 is 19.9 Å². The van der Waals surface area contributed by atoms with Crippen molar-refractivity contribution in [3.63, 3.8) is 0 Å². The van der Waals surface area contributed by atoms with Crippen LogP contribution in [0.5, 0.6) is 5.75 Å². The molecule has 1 aromatic heterocycles. The Morgan fingerprint density at radius 2 is 1.76 bits per heavy atom. The fourth-order valence-electron chi connectivity index (χ4n) is 2.75. The number of hydrogen-bond donors (Lipinski definition) is 1. The van der Waals surface area contributed by atoms with Crippen LogP contribution >= 0.6 is 0 Å². The predicted octanol–water partition coefficient (Wildman–Crippen LogP) is 3.24. The molecule has 1 aliphatic heterocycles. The number of aromatic nitrogens is 1. The second-order valence-corrected chi connectivity index (χ2v) is 6.11. The molecule has 2 heterocycles. The zero-order valence-corrected chi connectivity index (χ0v) is 14.9. The number of piperazine rings is 1. The van der Waals surface area contributed by atoms with E-state index in [9.17, 15) is 28.1 Å². The highest BCUT2D eigenvalue weighted by atomic mass is 19.4. The molecule has 12 heteroatoms. The summed E-state index contributed by atoms with van der Waals surface area (Å²) in [6.45, 7) is 1.74. The lowest BCUT2D eigenvalue weighted by Crippen LogP contribution is -2.50. The average molecular weight is 411 g/mol. The quantitative estimate of drug-likeness (QED) is 0.612. The lowest BCUT2D eigenvalue weighted by Gasteiger charge is -2.35. The van der Waals surface area contributed by atoms with Gasteiger partial charge in [0.15, 0.2) is 0 Å². The molecule has 9 nitrogen and oxygen atoms in total. The van der Waals surface area contributed by atoms with E-state index in [0.717, 1.165) is 12.1 Å². The van der Waals surface area contributed by atoms with Crippen LogP contribution < -0.4 is 15.0 Å². The van der Waals surface area contributed by atoms with Crippen LogP contribution in [0, 0.1) is 10.1 Å². The molecule has 2 aromatic rings. The summed E-state index contributed by atoms with van der Waals surface area (Å²) >= 11 is 0. The minimum absolute atomic E-state index is 0.0987. The summed E-state index contributed by atoms with van der Waals surface area (Å²) < 4.78 is 40.3. The van der Waals surface area contributed by atoms with Gasteiger partial charge in [-0.15, -0.1) is 13.2 Å². The zero-order valence-electron chi connectivity index (χ0n) is 14.9. The first-order valence-electron chi connectivity index (χ1n) is 8.48. The van der Waals surface area contributed by atoms with E-state index < -0.39 is 11.3 Å². The van der Waals surface area contributed by atoms with Gasteiger partial charge in [0.2, 0.25) is 0 Å². The highest BCUT2D eigenvalue weighted by Crippen LogP contribution is 2.24. The number of halogens is 3. The summed E-state index contributed by atoms with van der Waals surface area (Å²) in [5.74, 6) is 0.204. The molecule has 1 aliphatic rings. The number of carbonyl (C=O) groups is 1. The molecule has 0 saturated carbocycles. The molecule has 1 N–H and O–H groups in total. The number of nitrogens with zero attached hydrogens (tertiary/aromatic N) is 4. The van der Waals surface area contributed by atoms with Gasteiger partial charge in [-0.1, -0.05) is 0 Å². The Labute approximate surface area is 162 Å². The van der Waals surface area contributed by atoms with Crippen LogP contribution in [-0.4, -0.2) is 53.4 Å². The highest BCUT2D eigenvalue weighted by molar-refractivity contribution is 5.89. The number of nitrogens with one attached hydrogen (secondary N) is 1. The van der Waals surface area contributed by atoms with Crippen LogP contribution in [0.25, 0.3) is 0 Å². The topological polar surface area (TPSA) is 101 Å². The fourth-order valence-corrected chi connectivity index (χ4v) is 2.75. The molecule has 0 unspecified atom stereocenters. The third-order valence-corrected chi connectivity index (χ3v) is 4.17. The molecular formula is C17H16F3N5O4. The number of nitro groups is 1. The van der Waals surface area contributed by atoms with Crippen molar-refractivity contribution in [1.29, 1.82) is 0 Å². The maximum atomic E-state index is 12.3. The summed E-state index contributed by atoms with van der Waals surface area (Å²) in [4.78, 5) is 30.0. The van der Waals surface area contributed by atoms with E-state index in [0.29, 0.717) is 37.7 Å². The second kappa shape index (κ2) is 8.20. The number of benzene rings is 1. The molecule has 0 aliphatic carbocycles. The largest absolute Gasteiger partial charge is 0.573 e. The van der Waals surface area contributed by atoms with E-state index in [2.05, 4.69) is 15.0 Å². The highest BCUT2D eigenvalue weighted by Gasteiger charge is 2.31. The Kier molecular flexibility index (Phi) is 5.71. The molecule has 1 saturated heterocycles. The van der Waals surface area contributed by atoms with Crippen molar-refractivity contribution < 1.29 is 27.6 Å². The van der Waals surface area contributed by atoms with Crippen molar-refractivity contribution in [3.8, 4) is 5.75 Å². The normalized spacial score (nSPS) is 14.4. The van der Waals surface area contributed by atoms with Gasteiger partial charge in [-0.05, 0) is 30.3 Å². The van der Waals surface area contributed by atoms with Crippen LogP contribution in [0.3, 0.4) is 0 Å². The monoisotopic (exact) mass is 411 g/mol. The molecule has 0 atom stereocenters. The molecule has 29 heavy (non-hydrogen) atoms. The van der Waals surface area contributed by atoms with E-state index in [1.807, 2.05) is 4.90 Å².